The molecule has 0 aromatic heterocycles. The normalized spacial score (nSPS) is 30.2. The van der Waals surface area contributed by atoms with Crippen LogP contribution in [0.4, 0.5) is 0 Å². The third-order valence-corrected chi connectivity index (χ3v) is 4.77. The van der Waals surface area contributed by atoms with Crippen molar-refractivity contribution in [3.8, 4) is 0 Å². The van der Waals surface area contributed by atoms with Crippen LogP contribution in [-0.4, -0.2) is 31.2 Å². The van der Waals surface area contributed by atoms with Gasteiger partial charge in [0.25, 0.3) is 0 Å². The van der Waals surface area contributed by atoms with Gasteiger partial charge in [0.15, 0.2) is 0 Å². The number of rotatable bonds is 5. The minimum absolute atomic E-state index is 0.192. The predicted molar refractivity (Wildman–Crippen MR) is 75.8 cm³/mol. The monoisotopic (exact) mass is 268 g/mol. The van der Waals surface area contributed by atoms with Gasteiger partial charge in [-0.1, -0.05) is 25.7 Å². The lowest BCUT2D eigenvalue weighted by Gasteiger charge is -2.39. The van der Waals surface area contributed by atoms with Crippen LogP contribution in [0.1, 0.15) is 58.3 Å². The highest BCUT2D eigenvalue weighted by Crippen LogP contribution is 2.35. The van der Waals surface area contributed by atoms with E-state index in [2.05, 4.69) is 5.32 Å². The van der Waals surface area contributed by atoms with E-state index in [0.717, 1.165) is 45.1 Å². The van der Waals surface area contributed by atoms with Crippen LogP contribution in [0.5, 0.6) is 0 Å². The van der Waals surface area contributed by atoms with Crippen LogP contribution in [-0.2, 0) is 9.53 Å². The van der Waals surface area contributed by atoms with E-state index >= 15 is 0 Å². The van der Waals surface area contributed by atoms with E-state index in [1.807, 2.05) is 6.92 Å². The minimum atomic E-state index is -0.298. The van der Waals surface area contributed by atoms with Crippen molar-refractivity contribution >= 4 is 5.91 Å². The molecule has 4 nitrogen and oxygen atoms in total. The summed E-state index contributed by atoms with van der Waals surface area (Å²) in [6.07, 6.45) is 8.93. The number of amides is 1. The molecule has 2 saturated carbocycles. The van der Waals surface area contributed by atoms with E-state index in [9.17, 15) is 4.79 Å². The first-order valence-electron chi connectivity index (χ1n) is 7.83. The molecule has 0 bridgehead atoms. The maximum Gasteiger partial charge on any atom is 0.227 e. The van der Waals surface area contributed by atoms with Crippen molar-refractivity contribution in [1.82, 2.24) is 5.32 Å². The van der Waals surface area contributed by atoms with Crippen molar-refractivity contribution in [2.75, 3.05) is 13.2 Å². The van der Waals surface area contributed by atoms with Crippen LogP contribution in [0.2, 0.25) is 0 Å². The first-order valence-corrected chi connectivity index (χ1v) is 7.83. The summed E-state index contributed by atoms with van der Waals surface area (Å²) in [7, 11) is 0. The lowest BCUT2D eigenvalue weighted by atomic mass is 9.78. The van der Waals surface area contributed by atoms with E-state index < -0.39 is 0 Å². The fourth-order valence-corrected chi connectivity index (χ4v) is 3.32. The zero-order valence-electron chi connectivity index (χ0n) is 12.1. The standard InChI is InChI=1S/C15H28N2O2/c1-2-19-13-9-12(10-13)17-14(18)15(11-16)7-5-3-4-6-8-15/h12-13H,2-11,16H2,1H3,(H,17,18). The lowest BCUT2D eigenvalue weighted by molar-refractivity contribution is -0.134. The Balaban J connectivity index is 1.83. The van der Waals surface area contributed by atoms with Gasteiger partial charge in [-0.05, 0) is 32.6 Å². The molecule has 4 heteroatoms. The molecule has 0 unspecified atom stereocenters. The molecular weight excluding hydrogens is 240 g/mol. The summed E-state index contributed by atoms with van der Waals surface area (Å²) in [5.74, 6) is 0.192. The highest BCUT2D eigenvalue weighted by Gasteiger charge is 2.40. The molecule has 0 aliphatic heterocycles. The molecule has 2 rings (SSSR count). The Hall–Kier alpha value is -0.610. The fraction of sp³-hybridized carbons (Fsp3) is 0.933. The summed E-state index contributed by atoms with van der Waals surface area (Å²) in [6, 6.07) is 0.302. The molecule has 0 aromatic carbocycles. The van der Waals surface area contributed by atoms with Gasteiger partial charge in [0.05, 0.1) is 11.5 Å². The zero-order valence-corrected chi connectivity index (χ0v) is 12.1. The number of nitrogens with one attached hydrogen (secondary N) is 1. The van der Waals surface area contributed by atoms with Crippen molar-refractivity contribution in [2.24, 2.45) is 11.1 Å². The second kappa shape index (κ2) is 6.71. The van der Waals surface area contributed by atoms with Gasteiger partial charge < -0.3 is 15.8 Å². The van der Waals surface area contributed by atoms with Gasteiger partial charge in [-0.25, -0.2) is 0 Å². The number of carbonyl (C=O) groups is 1. The van der Waals surface area contributed by atoms with Gasteiger partial charge in [0.2, 0.25) is 5.91 Å². The Morgan fingerprint density at radius 1 is 1.26 bits per heavy atom. The molecule has 110 valence electrons. The van der Waals surface area contributed by atoms with Gasteiger partial charge >= 0.3 is 0 Å². The van der Waals surface area contributed by atoms with Crippen LogP contribution in [0.3, 0.4) is 0 Å². The van der Waals surface area contributed by atoms with Crippen LogP contribution >= 0.6 is 0 Å². The SMILES string of the molecule is CCOC1CC(NC(=O)C2(CN)CCCCCC2)C1. The number of hydrogen-bond donors (Lipinski definition) is 2. The molecule has 2 fully saturated rings. The lowest BCUT2D eigenvalue weighted by Crippen LogP contribution is -2.54. The molecular formula is C15H28N2O2. The first kappa shape index (κ1) is 14.8. The first-order chi connectivity index (χ1) is 9.20. The number of nitrogens with two attached hydrogens (primary N) is 1. The molecule has 0 atom stereocenters. The summed E-state index contributed by atoms with van der Waals surface area (Å²) in [6.45, 7) is 3.26. The average Bonchev–Trinajstić information content (AvgIpc) is 2.62. The Bertz CT molecular complexity index is 293. The van der Waals surface area contributed by atoms with E-state index in [1.54, 1.807) is 0 Å². The van der Waals surface area contributed by atoms with Gasteiger partial charge in [0.1, 0.15) is 0 Å². The topological polar surface area (TPSA) is 64.3 Å². The number of ether oxygens (including phenoxy) is 1. The van der Waals surface area contributed by atoms with Crippen molar-refractivity contribution in [3.05, 3.63) is 0 Å². The summed E-state index contributed by atoms with van der Waals surface area (Å²) >= 11 is 0. The quantitative estimate of drug-likeness (QED) is 0.749. The van der Waals surface area contributed by atoms with E-state index in [1.165, 1.54) is 12.8 Å². The second-order valence-electron chi connectivity index (χ2n) is 6.12. The average molecular weight is 268 g/mol. The zero-order chi connectivity index (χ0) is 13.7. The fourth-order valence-electron chi connectivity index (χ4n) is 3.32. The highest BCUT2D eigenvalue weighted by atomic mass is 16.5. The molecule has 2 aliphatic rings. The maximum absolute atomic E-state index is 12.5. The maximum atomic E-state index is 12.5. The van der Waals surface area contributed by atoms with Gasteiger partial charge in [-0.2, -0.15) is 0 Å². The van der Waals surface area contributed by atoms with Crippen molar-refractivity contribution in [1.29, 1.82) is 0 Å². The molecule has 0 radical (unpaired) electrons. The largest absolute Gasteiger partial charge is 0.378 e. The highest BCUT2D eigenvalue weighted by molar-refractivity contribution is 5.83. The Morgan fingerprint density at radius 2 is 1.89 bits per heavy atom. The summed E-state index contributed by atoms with van der Waals surface area (Å²) in [4.78, 5) is 12.5. The minimum Gasteiger partial charge on any atom is -0.378 e. The summed E-state index contributed by atoms with van der Waals surface area (Å²) < 4.78 is 5.53. The van der Waals surface area contributed by atoms with Crippen LogP contribution in [0, 0.1) is 5.41 Å². The third kappa shape index (κ3) is 3.48. The molecule has 0 heterocycles. The van der Waals surface area contributed by atoms with E-state index in [-0.39, 0.29) is 11.3 Å². The number of carbonyl (C=O) groups excluding carboxylic acids is 1. The molecule has 0 aromatic rings. The van der Waals surface area contributed by atoms with Crippen LogP contribution in [0.15, 0.2) is 0 Å². The van der Waals surface area contributed by atoms with Crippen LogP contribution in [0.25, 0.3) is 0 Å². The summed E-state index contributed by atoms with van der Waals surface area (Å²) in [5, 5.41) is 3.20. The van der Waals surface area contributed by atoms with Crippen molar-refractivity contribution in [3.63, 3.8) is 0 Å². The smallest absolute Gasteiger partial charge is 0.227 e. The van der Waals surface area contributed by atoms with Crippen LogP contribution < -0.4 is 11.1 Å². The Morgan fingerprint density at radius 3 is 2.42 bits per heavy atom. The number of hydrogen-bond acceptors (Lipinski definition) is 3. The van der Waals surface area contributed by atoms with E-state index in [4.69, 9.17) is 10.5 Å². The Kier molecular flexibility index (Phi) is 5.22. The van der Waals surface area contributed by atoms with Gasteiger partial charge in [-0.15, -0.1) is 0 Å². The summed E-state index contributed by atoms with van der Waals surface area (Å²) in [5.41, 5.74) is 5.63. The third-order valence-electron chi connectivity index (χ3n) is 4.77. The Labute approximate surface area is 116 Å². The molecule has 3 N–H and O–H groups in total. The second-order valence-corrected chi connectivity index (χ2v) is 6.12. The van der Waals surface area contributed by atoms with Gasteiger partial charge in [0, 0.05) is 19.2 Å². The molecule has 0 spiro atoms. The van der Waals surface area contributed by atoms with E-state index in [0.29, 0.717) is 18.7 Å². The molecule has 1 amide bonds. The molecule has 2 aliphatic carbocycles. The molecule has 19 heavy (non-hydrogen) atoms. The van der Waals surface area contributed by atoms with Gasteiger partial charge in [-0.3, -0.25) is 4.79 Å². The van der Waals surface area contributed by atoms with Crippen molar-refractivity contribution < 1.29 is 9.53 Å². The van der Waals surface area contributed by atoms with Crippen molar-refractivity contribution in [2.45, 2.75) is 70.4 Å². The predicted octanol–water partition coefficient (Wildman–Crippen LogP) is 1.97. The molecule has 0 saturated heterocycles.